The van der Waals surface area contributed by atoms with Crippen LogP contribution in [0.2, 0.25) is 0 Å². The molecule has 2 heteroatoms. The van der Waals surface area contributed by atoms with Crippen LogP contribution in [0.3, 0.4) is 0 Å². The van der Waals surface area contributed by atoms with Crippen LogP contribution >= 0.6 is 0 Å². The van der Waals surface area contributed by atoms with Crippen LogP contribution in [0.4, 0.5) is 0 Å². The SMILES string of the molecule is C(=Cc1ccccc1)Cc1ccc2nc[nH]c2c1. The van der Waals surface area contributed by atoms with Gasteiger partial charge in [-0.2, -0.15) is 0 Å². The second kappa shape index (κ2) is 4.88. The van der Waals surface area contributed by atoms with Gasteiger partial charge in [0.25, 0.3) is 0 Å². The lowest BCUT2D eigenvalue weighted by molar-refractivity contribution is 1.28. The zero-order valence-corrected chi connectivity index (χ0v) is 10.0. The maximum Gasteiger partial charge on any atom is 0.0931 e. The van der Waals surface area contributed by atoms with Crippen molar-refractivity contribution in [2.45, 2.75) is 6.42 Å². The standard InChI is InChI=1S/C16H14N2/c1-2-5-13(6-3-1)7-4-8-14-9-10-15-16(11-14)18-12-17-15/h1-7,9-12H,8H2,(H,17,18). The van der Waals surface area contributed by atoms with E-state index in [2.05, 4.69) is 64.6 Å². The molecule has 2 nitrogen and oxygen atoms in total. The first-order valence-corrected chi connectivity index (χ1v) is 6.05. The highest BCUT2D eigenvalue weighted by Gasteiger charge is 1.96. The number of H-pyrrole nitrogens is 1. The first kappa shape index (κ1) is 10.8. The van der Waals surface area contributed by atoms with Crippen molar-refractivity contribution in [3.63, 3.8) is 0 Å². The van der Waals surface area contributed by atoms with E-state index >= 15 is 0 Å². The fourth-order valence-electron chi connectivity index (χ4n) is 2.00. The Hall–Kier alpha value is -2.35. The van der Waals surface area contributed by atoms with Gasteiger partial charge >= 0.3 is 0 Å². The number of nitrogens with one attached hydrogen (secondary N) is 1. The molecule has 0 aliphatic heterocycles. The van der Waals surface area contributed by atoms with Gasteiger partial charge in [0, 0.05) is 0 Å². The van der Waals surface area contributed by atoms with Crippen LogP contribution in [0.5, 0.6) is 0 Å². The minimum Gasteiger partial charge on any atom is -0.345 e. The first-order valence-electron chi connectivity index (χ1n) is 6.05. The number of aromatic nitrogens is 2. The Labute approximate surface area is 106 Å². The Kier molecular flexibility index (Phi) is 2.92. The molecule has 88 valence electrons. The fourth-order valence-corrected chi connectivity index (χ4v) is 2.00. The summed E-state index contributed by atoms with van der Waals surface area (Å²) in [5.41, 5.74) is 4.64. The molecule has 0 bridgehead atoms. The van der Waals surface area contributed by atoms with E-state index in [1.54, 1.807) is 6.33 Å². The molecular formula is C16H14N2. The Morgan fingerprint density at radius 3 is 2.83 bits per heavy atom. The lowest BCUT2D eigenvalue weighted by Crippen LogP contribution is -1.81. The molecule has 0 aliphatic carbocycles. The van der Waals surface area contributed by atoms with Crippen LogP contribution < -0.4 is 0 Å². The van der Waals surface area contributed by atoms with E-state index in [-0.39, 0.29) is 0 Å². The third-order valence-electron chi connectivity index (χ3n) is 2.95. The molecule has 0 aliphatic rings. The molecule has 0 fully saturated rings. The molecule has 1 heterocycles. The highest BCUT2D eigenvalue weighted by atomic mass is 14.9. The summed E-state index contributed by atoms with van der Waals surface area (Å²) in [6, 6.07) is 16.7. The van der Waals surface area contributed by atoms with Crippen LogP contribution in [0.25, 0.3) is 17.1 Å². The fraction of sp³-hybridized carbons (Fsp3) is 0.0625. The number of fused-ring (bicyclic) bond motifs is 1. The van der Waals surface area contributed by atoms with Crippen molar-refractivity contribution in [2.75, 3.05) is 0 Å². The number of nitrogens with zero attached hydrogens (tertiary/aromatic N) is 1. The summed E-state index contributed by atoms with van der Waals surface area (Å²) < 4.78 is 0. The average Bonchev–Trinajstić information content (AvgIpc) is 2.87. The normalized spacial score (nSPS) is 11.3. The van der Waals surface area contributed by atoms with Crippen LogP contribution in [-0.4, -0.2) is 9.97 Å². The molecule has 0 saturated carbocycles. The molecule has 1 N–H and O–H groups in total. The van der Waals surface area contributed by atoms with Gasteiger partial charge in [0.05, 0.1) is 17.4 Å². The summed E-state index contributed by atoms with van der Waals surface area (Å²) in [5.74, 6) is 0. The van der Waals surface area contributed by atoms with Gasteiger partial charge in [0.15, 0.2) is 0 Å². The summed E-state index contributed by atoms with van der Waals surface area (Å²) in [6.45, 7) is 0. The van der Waals surface area contributed by atoms with E-state index in [4.69, 9.17) is 0 Å². The third-order valence-corrected chi connectivity index (χ3v) is 2.95. The molecular weight excluding hydrogens is 220 g/mol. The number of aromatic amines is 1. The summed E-state index contributed by atoms with van der Waals surface area (Å²) >= 11 is 0. The van der Waals surface area contributed by atoms with Crippen LogP contribution in [-0.2, 0) is 6.42 Å². The molecule has 0 unspecified atom stereocenters. The Balaban J connectivity index is 1.74. The highest BCUT2D eigenvalue weighted by Crippen LogP contribution is 2.12. The van der Waals surface area contributed by atoms with Crippen molar-refractivity contribution in [3.8, 4) is 0 Å². The van der Waals surface area contributed by atoms with Crippen LogP contribution in [0.1, 0.15) is 11.1 Å². The van der Waals surface area contributed by atoms with E-state index in [0.29, 0.717) is 0 Å². The van der Waals surface area contributed by atoms with Crippen molar-refractivity contribution in [2.24, 2.45) is 0 Å². The van der Waals surface area contributed by atoms with Gasteiger partial charge in [-0.1, -0.05) is 48.6 Å². The summed E-state index contributed by atoms with van der Waals surface area (Å²) in [4.78, 5) is 7.35. The zero-order chi connectivity index (χ0) is 12.2. The van der Waals surface area contributed by atoms with E-state index in [1.165, 1.54) is 11.1 Å². The third kappa shape index (κ3) is 2.33. The van der Waals surface area contributed by atoms with Gasteiger partial charge in [-0.05, 0) is 29.7 Å². The largest absolute Gasteiger partial charge is 0.345 e. The molecule has 3 rings (SSSR count). The number of hydrogen-bond donors (Lipinski definition) is 1. The average molecular weight is 234 g/mol. The smallest absolute Gasteiger partial charge is 0.0931 e. The van der Waals surface area contributed by atoms with Gasteiger partial charge in [0.1, 0.15) is 0 Å². The Morgan fingerprint density at radius 1 is 1.06 bits per heavy atom. The molecule has 2 aromatic carbocycles. The van der Waals surface area contributed by atoms with Crippen LogP contribution in [0, 0.1) is 0 Å². The predicted molar refractivity (Wildman–Crippen MR) is 75.3 cm³/mol. The minimum absolute atomic E-state index is 0.934. The monoisotopic (exact) mass is 234 g/mol. The van der Waals surface area contributed by atoms with Crippen LogP contribution in [0.15, 0.2) is 60.9 Å². The minimum atomic E-state index is 0.934. The first-order chi connectivity index (χ1) is 8.92. The second-order valence-electron chi connectivity index (χ2n) is 4.27. The molecule has 0 radical (unpaired) electrons. The molecule has 0 amide bonds. The topological polar surface area (TPSA) is 28.7 Å². The predicted octanol–water partition coefficient (Wildman–Crippen LogP) is 3.82. The molecule has 0 atom stereocenters. The van der Waals surface area contributed by atoms with Gasteiger partial charge in [-0.25, -0.2) is 4.98 Å². The number of imidazole rings is 1. The van der Waals surface area contributed by atoms with Crippen molar-refractivity contribution < 1.29 is 0 Å². The Bertz CT molecular complexity index is 666. The van der Waals surface area contributed by atoms with Crippen molar-refractivity contribution in [3.05, 3.63) is 72.1 Å². The molecule has 3 aromatic rings. The van der Waals surface area contributed by atoms with Gasteiger partial charge in [0.2, 0.25) is 0 Å². The van der Waals surface area contributed by atoms with E-state index in [9.17, 15) is 0 Å². The maximum absolute atomic E-state index is 4.21. The molecule has 1 aromatic heterocycles. The summed E-state index contributed by atoms with van der Waals surface area (Å²) in [7, 11) is 0. The number of rotatable bonds is 3. The number of benzene rings is 2. The highest BCUT2D eigenvalue weighted by molar-refractivity contribution is 5.75. The van der Waals surface area contributed by atoms with Crippen molar-refractivity contribution >= 4 is 17.1 Å². The van der Waals surface area contributed by atoms with Gasteiger partial charge in [-0.15, -0.1) is 0 Å². The van der Waals surface area contributed by atoms with Crippen molar-refractivity contribution in [1.82, 2.24) is 9.97 Å². The lowest BCUT2D eigenvalue weighted by atomic mass is 10.1. The molecule has 18 heavy (non-hydrogen) atoms. The lowest BCUT2D eigenvalue weighted by Gasteiger charge is -1.97. The Morgan fingerprint density at radius 2 is 1.94 bits per heavy atom. The summed E-state index contributed by atoms with van der Waals surface area (Å²) in [6.07, 6.45) is 7.00. The van der Waals surface area contributed by atoms with Gasteiger partial charge < -0.3 is 4.98 Å². The zero-order valence-electron chi connectivity index (χ0n) is 10.0. The summed E-state index contributed by atoms with van der Waals surface area (Å²) in [5, 5.41) is 0. The maximum atomic E-state index is 4.21. The quantitative estimate of drug-likeness (QED) is 0.733. The second-order valence-corrected chi connectivity index (χ2v) is 4.27. The van der Waals surface area contributed by atoms with Gasteiger partial charge in [-0.3, -0.25) is 0 Å². The molecule has 0 spiro atoms. The molecule has 0 saturated heterocycles. The van der Waals surface area contributed by atoms with Crippen molar-refractivity contribution in [1.29, 1.82) is 0 Å². The van der Waals surface area contributed by atoms with E-state index in [0.717, 1.165) is 17.5 Å². The van der Waals surface area contributed by atoms with E-state index in [1.807, 2.05) is 6.07 Å². The number of hydrogen-bond acceptors (Lipinski definition) is 1. The van der Waals surface area contributed by atoms with E-state index < -0.39 is 0 Å². The number of allylic oxidation sites excluding steroid dienone is 1.